The number of nitrogens with one attached hydrogen (secondary N) is 1. The molecule has 1 aromatic rings. The predicted molar refractivity (Wildman–Crippen MR) is 100 cm³/mol. The summed E-state index contributed by atoms with van der Waals surface area (Å²) in [5, 5.41) is 2.93. The minimum absolute atomic E-state index is 0.00505. The topological polar surface area (TPSA) is 70.5 Å². The average Bonchev–Trinajstić information content (AvgIpc) is 3.00. The second kappa shape index (κ2) is 8.20. The highest BCUT2D eigenvalue weighted by Crippen LogP contribution is 2.24. The second-order valence-corrected chi connectivity index (χ2v) is 7.90. The maximum atomic E-state index is 13.1. The number of hydrogen-bond acceptors (Lipinski definition) is 4. The van der Waals surface area contributed by atoms with E-state index in [1.165, 1.54) is 6.42 Å². The van der Waals surface area contributed by atoms with Gasteiger partial charge in [-0.25, -0.2) is 4.98 Å². The number of likely N-dealkylation sites (tertiary alicyclic amines) is 1. The molecule has 0 aromatic carbocycles. The SMILES string of the molecule is CC1CCCN(C(=O)c2nc(C(=O)NCCN(C)C)n3c2CCCC3)C1. The van der Waals surface area contributed by atoms with Crippen LogP contribution in [0, 0.1) is 5.92 Å². The van der Waals surface area contributed by atoms with Gasteiger partial charge in [0.2, 0.25) is 0 Å². The van der Waals surface area contributed by atoms with Crippen molar-refractivity contribution in [1.82, 2.24) is 24.7 Å². The molecule has 7 nitrogen and oxygen atoms in total. The van der Waals surface area contributed by atoms with E-state index in [-0.39, 0.29) is 11.8 Å². The first-order valence-electron chi connectivity index (χ1n) is 9.79. The van der Waals surface area contributed by atoms with Crippen molar-refractivity contribution in [2.45, 2.75) is 45.6 Å². The fourth-order valence-corrected chi connectivity index (χ4v) is 3.88. The quantitative estimate of drug-likeness (QED) is 0.860. The van der Waals surface area contributed by atoms with Gasteiger partial charge in [0, 0.05) is 32.7 Å². The molecule has 144 valence electrons. The molecule has 0 spiro atoms. The third-order valence-electron chi connectivity index (χ3n) is 5.31. The van der Waals surface area contributed by atoms with Crippen molar-refractivity contribution < 1.29 is 9.59 Å². The van der Waals surface area contributed by atoms with Crippen LogP contribution in [0.5, 0.6) is 0 Å². The zero-order valence-electron chi connectivity index (χ0n) is 16.3. The number of hydrogen-bond donors (Lipinski definition) is 1. The highest BCUT2D eigenvalue weighted by Gasteiger charge is 2.31. The molecule has 2 aliphatic rings. The molecular weight excluding hydrogens is 330 g/mol. The summed E-state index contributed by atoms with van der Waals surface area (Å²) in [5.41, 5.74) is 1.44. The van der Waals surface area contributed by atoms with E-state index in [2.05, 4.69) is 17.2 Å². The van der Waals surface area contributed by atoms with Crippen LogP contribution in [0.3, 0.4) is 0 Å². The fraction of sp³-hybridized carbons (Fsp3) is 0.737. The number of rotatable bonds is 5. The first-order chi connectivity index (χ1) is 12.5. The predicted octanol–water partition coefficient (Wildman–Crippen LogP) is 1.38. The number of likely N-dealkylation sites (N-methyl/N-ethyl adjacent to an activating group) is 1. The first-order valence-corrected chi connectivity index (χ1v) is 9.79. The number of nitrogens with zero attached hydrogens (tertiary/aromatic N) is 4. The molecule has 2 aliphatic heterocycles. The standard InChI is InChI=1S/C19H31N5O2/c1-14-7-6-10-23(13-14)19(26)16-15-8-4-5-11-24(15)17(21-16)18(25)20-9-12-22(2)3/h14H,4-13H2,1-3H3,(H,20,25). The number of imidazole rings is 1. The van der Waals surface area contributed by atoms with Crippen LogP contribution in [0.25, 0.3) is 0 Å². The number of aromatic nitrogens is 2. The largest absolute Gasteiger partial charge is 0.348 e. The van der Waals surface area contributed by atoms with Crippen molar-refractivity contribution in [3.63, 3.8) is 0 Å². The van der Waals surface area contributed by atoms with E-state index in [0.29, 0.717) is 24.0 Å². The molecule has 3 rings (SSSR count). The smallest absolute Gasteiger partial charge is 0.287 e. The Morgan fingerprint density at radius 3 is 2.77 bits per heavy atom. The normalized spacial score (nSPS) is 20.2. The van der Waals surface area contributed by atoms with E-state index in [0.717, 1.165) is 57.6 Å². The van der Waals surface area contributed by atoms with Gasteiger partial charge < -0.3 is 19.7 Å². The van der Waals surface area contributed by atoms with Crippen LogP contribution in [-0.4, -0.2) is 71.4 Å². The van der Waals surface area contributed by atoms with Crippen LogP contribution in [0.2, 0.25) is 0 Å². The van der Waals surface area contributed by atoms with Crippen LogP contribution < -0.4 is 5.32 Å². The van der Waals surface area contributed by atoms with E-state index in [1.54, 1.807) is 0 Å². The summed E-state index contributed by atoms with van der Waals surface area (Å²) in [7, 11) is 3.94. The van der Waals surface area contributed by atoms with Crippen molar-refractivity contribution >= 4 is 11.8 Å². The van der Waals surface area contributed by atoms with Gasteiger partial charge in [-0.2, -0.15) is 0 Å². The van der Waals surface area contributed by atoms with Crippen molar-refractivity contribution in [1.29, 1.82) is 0 Å². The molecule has 1 unspecified atom stereocenters. The minimum atomic E-state index is -0.180. The van der Waals surface area contributed by atoms with Gasteiger partial charge in [0.15, 0.2) is 5.82 Å². The van der Waals surface area contributed by atoms with Crippen molar-refractivity contribution in [2.75, 3.05) is 40.3 Å². The Morgan fingerprint density at radius 2 is 2.04 bits per heavy atom. The lowest BCUT2D eigenvalue weighted by molar-refractivity contribution is 0.0676. The summed E-state index contributed by atoms with van der Waals surface area (Å²) in [6.07, 6.45) is 5.10. The zero-order chi connectivity index (χ0) is 18.7. The van der Waals surface area contributed by atoms with Crippen molar-refractivity contribution in [2.24, 2.45) is 5.92 Å². The minimum Gasteiger partial charge on any atom is -0.348 e. The summed E-state index contributed by atoms with van der Waals surface area (Å²) >= 11 is 0. The van der Waals surface area contributed by atoms with Crippen molar-refractivity contribution in [3.05, 3.63) is 17.2 Å². The first kappa shape index (κ1) is 18.9. The Kier molecular flexibility index (Phi) is 5.96. The lowest BCUT2D eigenvalue weighted by Crippen LogP contribution is -2.39. The third kappa shape index (κ3) is 4.09. The van der Waals surface area contributed by atoms with Crippen LogP contribution >= 0.6 is 0 Å². The number of carbonyl (C=O) groups excluding carboxylic acids is 2. The van der Waals surface area contributed by atoms with Crippen LogP contribution in [-0.2, 0) is 13.0 Å². The molecule has 0 aliphatic carbocycles. The molecule has 7 heteroatoms. The molecule has 1 atom stereocenters. The Hall–Kier alpha value is -1.89. The second-order valence-electron chi connectivity index (χ2n) is 7.90. The van der Waals surface area contributed by atoms with Gasteiger partial charge in [-0.1, -0.05) is 6.92 Å². The molecule has 1 saturated heterocycles. The van der Waals surface area contributed by atoms with Gasteiger partial charge in [-0.05, 0) is 52.1 Å². The van der Waals surface area contributed by atoms with E-state index in [9.17, 15) is 9.59 Å². The number of fused-ring (bicyclic) bond motifs is 1. The lowest BCUT2D eigenvalue weighted by atomic mass is 9.99. The van der Waals surface area contributed by atoms with Gasteiger partial charge in [-0.15, -0.1) is 0 Å². The summed E-state index contributed by atoms with van der Waals surface area (Å²) in [6.45, 7) is 5.88. The summed E-state index contributed by atoms with van der Waals surface area (Å²) in [4.78, 5) is 34.2. The fourth-order valence-electron chi connectivity index (χ4n) is 3.88. The number of amides is 2. The molecule has 3 heterocycles. The molecule has 1 N–H and O–H groups in total. The van der Waals surface area contributed by atoms with Crippen molar-refractivity contribution in [3.8, 4) is 0 Å². The molecule has 0 saturated carbocycles. The molecule has 0 radical (unpaired) electrons. The highest BCUT2D eigenvalue weighted by atomic mass is 16.2. The molecule has 26 heavy (non-hydrogen) atoms. The highest BCUT2D eigenvalue weighted by molar-refractivity contribution is 5.97. The maximum absolute atomic E-state index is 13.1. The molecule has 1 fully saturated rings. The monoisotopic (exact) mass is 361 g/mol. The van der Waals surface area contributed by atoms with Gasteiger partial charge in [0.05, 0.1) is 5.69 Å². The molecular formula is C19H31N5O2. The summed E-state index contributed by atoms with van der Waals surface area (Å²) in [6, 6.07) is 0. The van der Waals surface area contributed by atoms with Crippen LogP contribution in [0.1, 0.15) is 59.4 Å². The Labute approximate surface area is 155 Å². The Balaban J connectivity index is 1.81. The molecule has 0 bridgehead atoms. The van der Waals surface area contributed by atoms with Gasteiger partial charge in [-0.3, -0.25) is 9.59 Å². The lowest BCUT2D eigenvalue weighted by Gasteiger charge is -2.30. The average molecular weight is 361 g/mol. The molecule has 2 amide bonds. The van der Waals surface area contributed by atoms with E-state index < -0.39 is 0 Å². The maximum Gasteiger partial charge on any atom is 0.287 e. The molecule has 1 aromatic heterocycles. The Morgan fingerprint density at radius 1 is 1.23 bits per heavy atom. The van der Waals surface area contributed by atoms with Gasteiger partial charge in [0.25, 0.3) is 11.8 Å². The van der Waals surface area contributed by atoms with Gasteiger partial charge >= 0.3 is 0 Å². The summed E-state index contributed by atoms with van der Waals surface area (Å²) in [5.74, 6) is 0.738. The Bertz CT molecular complexity index is 667. The number of carbonyl (C=O) groups is 2. The zero-order valence-corrected chi connectivity index (χ0v) is 16.3. The van der Waals surface area contributed by atoms with Gasteiger partial charge in [0.1, 0.15) is 5.69 Å². The summed E-state index contributed by atoms with van der Waals surface area (Å²) < 4.78 is 1.97. The van der Waals surface area contributed by atoms with Crippen LogP contribution in [0.4, 0.5) is 0 Å². The third-order valence-corrected chi connectivity index (χ3v) is 5.31. The number of piperidine rings is 1. The van der Waals surface area contributed by atoms with E-state index >= 15 is 0 Å². The van der Waals surface area contributed by atoms with E-state index in [1.807, 2.05) is 28.5 Å². The van der Waals surface area contributed by atoms with Crippen LogP contribution in [0.15, 0.2) is 0 Å². The van der Waals surface area contributed by atoms with E-state index in [4.69, 9.17) is 0 Å².